The Bertz CT molecular complexity index is 375. The maximum atomic E-state index is 6.04. The lowest BCUT2D eigenvalue weighted by Crippen LogP contribution is -2.39. The van der Waals surface area contributed by atoms with Gasteiger partial charge in [0.1, 0.15) is 12.5 Å². The molecular formula is C22H39O3+. The molecule has 144 valence electrons. The van der Waals surface area contributed by atoms with Gasteiger partial charge in [-0.3, -0.25) is 0 Å². The van der Waals surface area contributed by atoms with Crippen LogP contribution in [0.25, 0.3) is 0 Å². The van der Waals surface area contributed by atoms with Gasteiger partial charge >= 0.3 is 0 Å². The monoisotopic (exact) mass is 351 g/mol. The molecule has 3 nitrogen and oxygen atoms in total. The first kappa shape index (κ1) is 19.5. The van der Waals surface area contributed by atoms with Crippen LogP contribution in [0.2, 0.25) is 0 Å². The van der Waals surface area contributed by atoms with E-state index in [2.05, 4.69) is 27.2 Å². The maximum Gasteiger partial charge on any atom is 0.111 e. The molecule has 3 aliphatic rings. The zero-order valence-electron chi connectivity index (χ0n) is 16.7. The van der Waals surface area contributed by atoms with Crippen LogP contribution < -0.4 is 0 Å². The fraction of sp³-hybridized carbons (Fsp3) is 0.955. The highest BCUT2D eigenvalue weighted by molar-refractivity contribution is 4.91. The lowest BCUT2D eigenvalue weighted by Gasteiger charge is -2.46. The summed E-state index contributed by atoms with van der Waals surface area (Å²) in [4.78, 5) is 0. The third kappa shape index (κ3) is 5.61. The largest absolute Gasteiger partial charge is 0.375 e. The van der Waals surface area contributed by atoms with Crippen molar-refractivity contribution in [3.8, 4) is 0 Å². The Morgan fingerprint density at radius 2 is 1.40 bits per heavy atom. The van der Waals surface area contributed by atoms with Crippen LogP contribution in [-0.2, 0) is 14.2 Å². The molecule has 1 heterocycles. The van der Waals surface area contributed by atoms with Crippen molar-refractivity contribution in [1.29, 1.82) is 0 Å². The Hall–Kier alpha value is -0.250. The van der Waals surface area contributed by atoms with Crippen molar-refractivity contribution in [1.82, 2.24) is 0 Å². The van der Waals surface area contributed by atoms with E-state index in [-0.39, 0.29) is 0 Å². The molecule has 0 amide bonds. The summed E-state index contributed by atoms with van der Waals surface area (Å²) >= 11 is 0. The molecule has 1 unspecified atom stereocenters. The molecular weight excluding hydrogens is 312 g/mol. The number of rotatable bonds is 9. The quantitative estimate of drug-likeness (QED) is 0.326. The fourth-order valence-electron chi connectivity index (χ4n) is 5.04. The van der Waals surface area contributed by atoms with E-state index in [1.54, 1.807) is 0 Å². The number of ether oxygens (including phenoxy) is 3. The molecule has 2 saturated carbocycles. The topological polar surface area (TPSA) is 31.0 Å². The van der Waals surface area contributed by atoms with Crippen LogP contribution in [0, 0.1) is 23.7 Å². The van der Waals surface area contributed by atoms with Gasteiger partial charge in [-0.05, 0) is 68.6 Å². The average Bonchev–Trinajstić information content (AvgIpc) is 3.45. The highest BCUT2D eigenvalue weighted by Crippen LogP contribution is 2.48. The first-order chi connectivity index (χ1) is 12.1. The van der Waals surface area contributed by atoms with Crippen molar-refractivity contribution in [2.45, 2.75) is 96.9 Å². The predicted octanol–water partition coefficient (Wildman–Crippen LogP) is 5.18. The summed E-state index contributed by atoms with van der Waals surface area (Å²) in [7, 11) is 0. The van der Waals surface area contributed by atoms with Crippen molar-refractivity contribution in [2.75, 3.05) is 19.8 Å². The Labute approximate surface area is 155 Å². The molecule has 0 bridgehead atoms. The van der Waals surface area contributed by atoms with E-state index in [1.807, 2.05) is 0 Å². The highest BCUT2D eigenvalue weighted by atomic mass is 16.6. The van der Waals surface area contributed by atoms with Crippen LogP contribution in [0.15, 0.2) is 0 Å². The van der Waals surface area contributed by atoms with Gasteiger partial charge in [0, 0.05) is 0 Å². The minimum atomic E-state index is 0.404. The molecule has 1 atom stereocenters. The predicted molar refractivity (Wildman–Crippen MR) is 102 cm³/mol. The number of hydrogen-bond donors (Lipinski definition) is 0. The van der Waals surface area contributed by atoms with Gasteiger partial charge in [0.25, 0.3) is 0 Å². The van der Waals surface area contributed by atoms with E-state index < -0.39 is 0 Å². The third-order valence-corrected chi connectivity index (χ3v) is 7.13. The van der Waals surface area contributed by atoms with E-state index in [1.165, 1.54) is 51.4 Å². The van der Waals surface area contributed by atoms with Crippen LogP contribution in [0.4, 0.5) is 0 Å². The minimum Gasteiger partial charge on any atom is -0.375 e. The summed E-state index contributed by atoms with van der Waals surface area (Å²) in [5.41, 5.74) is 0.465. The summed E-state index contributed by atoms with van der Waals surface area (Å²) in [6, 6.07) is 0. The molecule has 3 heteroatoms. The highest BCUT2D eigenvalue weighted by Gasteiger charge is 2.41. The van der Waals surface area contributed by atoms with Gasteiger partial charge in [-0.1, -0.05) is 13.8 Å². The SMILES string of the molecule is C[CH+]CCOC1CCC(C(C)(C)C2CCC(OCC3CO3)CC2)CC1. The summed E-state index contributed by atoms with van der Waals surface area (Å²) in [6.45, 7) is 9.82. The van der Waals surface area contributed by atoms with Gasteiger partial charge in [0.15, 0.2) is 0 Å². The average molecular weight is 352 g/mol. The zero-order valence-corrected chi connectivity index (χ0v) is 16.7. The van der Waals surface area contributed by atoms with E-state index in [0.29, 0.717) is 23.7 Å². The first-order valence-electron chi connectivity index (χ1n) is 10.7. The van der Waals surface area contributed by atoms with E-state index in [0.717, 1.165) is 38.1 Å². The molecule has 25 heavy (non-hydrogen) atoms. The fourth-order valence-corrected chi connectivity index (χ4v) is 5.04. The van der Waals surface area contributed by atoms with E-state index in [9.17, 15) is 0 Å². The minimum absolute atomic E-state index is 0.404. The number of unbranched alkanes of at least 4 members (excludes halogenated alkanes) is 1. The Balaban J connectivity index is 1.38. The van der Waals surface area contributed by atoms with E-state index >= 15 is 0 Å². The standard InChI is InChI=1S/C22H39O3/c1-4-5-14-23-19-10-6-17(7-11-19)22(2,3)18-8-12-20(13-9-18)24-15-21-16-25-21/h4,17-21H,5-16H2,1-3H3/q+1. The van der Waals surface area contributed by atoms with Crippen molar-refractivity contribution >= 4 is 0 Å². The van der Waals surface area contributed by atoms with Gasteiger partial charge in [0.05, 0.1) is 45.4 Å². The van der Waals surface area contributed by atoms with Gasteiger partial charge in [0.2, 0.25) is 0 Å². The molecule has 0 spiro atoms. The smallest absolute Gasteiger partial charge is 0.111 e. The van der Waals surface area contributed by atoms with Crippen LogP contribution in [0.3, 0.4) is 0 Å². The molecule has 1 aliphatic heterocycles. The van der Waals surface area contributed by atoms with Crippen LogP contribution in [-0.4, -0.2) is 38.1 Å². The van der Waals surface area contributed by atoms with Crippen molar-refractivity contribution in [3.05, 3.63) is 6.42 Å². The van der Waals surface area contributed by atoms with Crippen molar-refractivity contribution in [2.24, 2.45) is 17.3 Å². The second-order valence-corrected chi connectivity index (χ2v) is 9.13. The van der Waals surface area contributed by atoms with Crippen LogP contribution in [0.5, 0.6) is 0 Å². The van der Waals surface area contributed by atoms with Gasteiger partial charge in [-0.25, -0.2) is 0 Å². The van der Waals surface area contributed by atoms with Gasteiger partial charge in [-0.2, -0.15) is 0 Å². The van der Waals surface area contributed by atoms with Gasteiger partial charge in [-0.15, -0.1) is 0 Å². The lowest BCUT2D eigenvalue weighted by molar-refractivity contribution is -0.0366. The molecule has 0 radical (unpaired) electrons. The summed E-state index contributed by atoms with van der Waals surface area (Å²) < 4.78 is 17.3. The molecule has 2 aliphatic carbocycles. The molecule has 3 rings (SSSR count). The van der Waals surface area contributed by atoms with Crippen molar-refractivity contribution in [3.63, 3.8) is 0 Å². The first-order valence-corrected chi connectivity index (χ1v) is 10.7. The molecule has 0 aromatic rings. The zero-order chi connectivity index (χ0) is 17.7. The number of hydrogen-bond acceptors (Lipinski definition) is 3. The van der Waals surface area contributed by atoms with E-state index in [4.69, 9.17) is 14.2 Å². The molecule has 0 N–H and O–H groups in total. The summed E-state index contributed by atoms with van der Waals surface area (Å²) in [5.74, 6) is 1.73. The van der Waals surface area contributed by atoms with Crippen LogP contribution >= 0.6 is 0 Å². The molecule has 0 aromatic carbocycles. The second-order valence-electron chi connectivity index (χ2n) is 9.13. The van der Waals surface area contributed by atoms with Crippen molar-refractivity contribution < 1.29 is 14.2 Å². The summed E-state index contributed by atoms with van der Waals surface area (Å²) in [6.07, 6.45) is 15.1. The second kappa shape index (κ2) is 9.10. The molecule has 1 saturated heterocycles. The third-order valence-electron chi connectivity index (χ3n) is 7.13. The Kier molecular flexibility index (Phi) is 7.10. The van der Waals surface area contributed by atoms with Crippen LogP contribution in [0.1, 0.15) is 78.6 Å². The maximum absolute atomic E-state index is 6.04. The number of epoxide rings is 1. The Morgan fingerprint density at radius 1 is 0.880 bits per heavy atom. The van der Waals surface area contributed by atoms with Gasteiger partial charge < -0.3 is 14.2 Å². The molecule has 3 fully saturated rings. The summed E-state index contributed by atoms with van der Waals surface area (Å²) in [5, 5.41) is 0. The molecule has 0 aromatic heterocycles. The lowest BCUT2D eigenvalue weighted by atomic mass is 9.60. The normalized spacial score (nSPS) is 36.2. The Morgan fingerprint density at radius 3 is 1.88 bits per heavy atom.